The number of nitrogen functional groups attached to an aromatic ring is 1. The molecule has 4 aromatic rings. The van der Waals surface area contributed by atoms with Gasteiger partial charge in [-0.1, -0.05) is 63.6 Å². The summed E-state index contributed by atoms with van der Waals surface area (Å²) in [5.41, 5.74) is 14.4. The number of benzene rings is 2. The number of amides is 1. The van der Waals surface area contributed by atoms with Crippen LogP contribution >= 0.6 is 11.3 Å². The van der Waals surface area contributed by atoms with E-state index >= 15 is 0 Å². The van der Waals surface area contributed by atoms with E-state index in [2.05, 4.69) is 67.4 Å². The predicted octanol–water partition coefficient (Wildman–Crippen LogP) is 6.32. The molecule has 41 heavy (non-hydrogen) atoms. The summed E-state index contributed by atoms with van der Waals surface area (Å²) in [4.78, 5) is 20.4. The molecule has 1 atom stereocenters. The Bertz CT molecular complexity index is 1520. The molecule has 0 bridgehead atoms. The Morgan fingerprint density at radius 2 is 1.83 bits per heavy atom. The van der Waals surface area contributed by atoms with Crippen molar-refractivity contribution in [2.24, 2.45) is 5.73 Å². The van der Waals surface area contributed by atoms with Crippen molar-refractivity contribution in [1.82, 2.24) is 10.3 Å². The van der Waals surface area contributed by atoms with Crippen molar-refractivity contribution >= 4 is 49.7 Å². The van der Waals surface area contributed by atoms with Crippen LogP contribution in [0.3, 0.4) is 0 Å². The number of thiophene rings is 1. The maximum atomic E-state index is 11.9. The molecule has 3 heterocycles. The summed E-state index contributed by atoms with van der Waals surface area (Å²) in [6.45, 7) is 8.37. The molecule has 5 rings (SSSR count). The van der Waals surface area contributed by atoms with E-state index in [0.717, 1.165) is 84.2 Å². The van der Waals surface area contributed by atoms with Crippen LogP contribution in [-0.2, 0) is 6.42 Å². The number of primary amides is 1. The number of fused-ring (bicyclic) bond motifs is 2. The summed E-state index contributed by atoms with van der Waals surface area (Å²) < 4.78 is 0. The zero-order chi connectivity index (χ0) is 29.1. The van der Waals surface area contributed by atoms with E-state index in [1.54, 1.807) is 0 Å². The first-order chi connectivity index (χ1) is 19.8. The van der Waals surface area contributed by atoms with Gasteiger partial charge in [0.25, 0.3) is 5.91 Å². The molecule has 2 aromatic carbocycles. The van der Waals surface area contributed by atoms with Gasteiger partial charge < -0.3 is 26.8 Å². The highest BCUT2D eigenvalue weighted by Gasteiger charge is 2.33. The third-order valence-electron chi connectivity index (χ3n) is 8.94. The minimum Gasteiger partial charge on any atom is -0.397 e. The van der Waals surface area contributed by atoms with Crippen LogP contribution in [0, 0.1) is 0 Å². The molecule has 2 aromatic heterocycles. The number of aliphatic hydroxyl groups is 1. The van der Waals surface area contributed by atoms with Gasteiger partial charge >= 0.3 is 0 Å². The van der Waals surface area contributed by atoms with Gasteiger partial charge in [0.05, 0.1) is 11.8 Å². The monoisotopic (exact) mass is 573 g/mol. The van der Waals surface area contributed by atoms with Crippen molar-refractivity contribution in [2.75, 3.05) is 23.7 Å². The van der Waals surface area contributed by atoms with Crippen LogP contribution in [0.1, 0.15) is 86.2 Å². The molecule has 8 heteroatoms. The molecule has 1 fully saturated rings. The van der Waals surface area contributed by atoms with Crippen molar-refractivity contribution in [3.63, 3.8) is 0 Å². The van der Waals surface area contributed by atoms with Crippen LogP contribution in [0.15, 0.2) is 48.5 Å². The highest BCUT2D eigenvalue weighted by Crippen LogP contribution is 2.38. The lowest BCUT2D eigenvalue weighted by atomic mass is 9.83. The number of nitrogens with two attached hydrogens (primary N) is 2. The number of anilines is 2. The molecule has 6 N–H and O–H groups in total. The summed E-state index contributed by atoms with van der Waals surface area (Å²) in [7, 11) is 0. The fraction of sp³-hybridized carbons (Fsp3) is 0.455. The normalized spacial score (nSPS) is 15.6. The smallest absolute Gasteiger partial charge is 0.260 e. The fourth-order valence-electron chi connectivity index (χ4n) is 6.39. The third-order valence-corrected chi connectivity index (χ3v) is 10.0. The number of hydrogen-bond donors (Lipinski definition) is 4. The Morgan fingerprint density at radius 3 is 2.49 bits per heavy atom. The molecule has 0 aliphatic carbocycles. The first-order valence-corrected chi connectivity index (χ1v) is 15.8. The van der Waals surface area contributed by atoms with Crippen molar-refractivity contribution in [3.8, 4) is 0 Å². The van der Waals surface area contributed by atoms with Gasteiger partial charge in [-0.25, -0.2) is 4.98 Å². The van der Waals surface area contributed by atoms with E-state index in [4.69, 9.17) is 16.5 Å². The van der Waals surface area contributed by atoms with E-state index in [-0.39, 0.29) is 5.54 Å². The summed E-state index contributed by atoms with van der Waals surface area (Å²) in [6, 6.07) is 17.1. The Balaban J connectivity index is 1.28. The number of nitrogens with one attached hydrogen (secondary N) is 1. The molecule has 0 saturated carbocycles. The second-order valence-electron chi connectivity index (χ2n) is 11.5. The van der Waals surface area contributed by atoms with Crippen molar-refractivity contribution in [1.29, 1.82) is 0 Å². The molecule has 1 aliphatic heterocycles. The number of carbonyl (C=O) groups excluding carboxylic acids is 1. The minimum absolute atomic E-state index is 0.136. The SMILES string of the molecule is CCCc1cc(N2CCC(NC(CC)(CC)CC(O)c3ccc4ccccc4c3)CC2)nc2sc(C(N)=O)c(N)c12. The average Bonchev–Trinajstić information content (AvgIpc) is 3.33. The first-order valence-electron chi connectivity index (χ1n) is 15.0. The number of aryl methyl sites for hydroxylation is 1. The van der Waals surface area contributed by atoms with Gasteiger partial charge in [-0.15, -0.1) is 11.3 Å². The number of aromatic nitrogens is 1. The molecule has 0 spiro atoms. The van der Waals surface area contributed by atoms with E-state index in [1.165, 1.54) is 16.7 Å². The molecule has 1 aliphatic rings. The maximum Gasteiger partial charge on any atom is 0.260 e. The molecule has 0 radical (unpaired) electrons. The van der Waals surface area contributed by atoms with Crippen LogP contribution < -0.4 is 21.7 Å². The highest BCUT2D eigenvalue weighted by molar-refractivity contribution is 7.21. The minimum atomic E-state index is -0.525. The number of aliphatic hydroxyl groups excluding tert-OH is 1. The quantitative estimate of drug-likeness (QED) is 0.167. The van der Waals surface area contributed by atoms with Gasteiger partial charge in [-0.2, -0.15) is 0 Å². The topological polar surface area (TPSA) is 117 Å². The van der Waals surface area contributed by atoms with Gasteiger partial charge in [-0.3, -0.25) is 4.79 Å². The third kappa shape index (κ3) is 6.05. The summed E-state index contributed by atoms with van der Waals surface area (Å²) in [6.07, 6.45) is 5.91. The second-order valence-corrected chi connectivity index (χ2v) is 12.5. The van der Waals surface area contributed by atoms with Crippen LogP contribution in [0.25, 0.3) is 21.0 Å². The van der Waals surface area contributed by atoms with Crippen molar-refractivity contribution in [3.05, 3.63) is 64.5 Å². The Labute approximate surface area is 246 Å². The first kappa shape index (κ1) is 29.3. The number of rotatable bonds is 11. The van der Waals surface area contributed by atoms with Crippen LogP contribution in [0.4, 0.5) is 11.5 Å². The van der Waals surface area contributed by atoms with E-state index in [1.807, 2.05) is 12.1 Å². The molecule has 7 nitrogen and oxygen atoms in total. The average molecular weight is 574 g/mol. The van der Waals surface area contributed by atoms with E-state index in [0.29, 0.717) is 23.0 Å². The van der Waals surface area contributed by atoms with Gasteiger partial charge in [-0.05, 0) is 72.6 Å². The van der Waals surface area contributed by atoms with Crippen LogP contribution in [0.5, 0.6) is 0 Å². The number of piperidine rings is 1. The van der Waals surface area contributed by atoms with Crippen molar-refractivity contribution < 1.29 is 9.90 Å². The fourth-order valence-corrected chi connectivity index (χ4v) is 7.38. The lowest BCUT2D eigenvalue weighted by molar-refractivity contribution is 0.100. The summed E-state index contributed by atoms with van der Waals surface area (Å²) in [5.74, 6) is 0.447. The van der Waals surface area contributed by atoms with Crippen LogP contribution in [-0.4, -0.2) is 40.7 Å². The Morgan fingerprint density at radius 1 is 1.12 bits per heavy atom. The molecular weight excluding hydrogens is 530 g/mol. The van der Waals surface area contributed by atoms with Crippen molar-refractivity contribution in [2.45, 2.75) is 83.4 Å². The Kier molecular flexibility index (Phi) is 8.82. The number of hydrogen-bond acceptors (Lipinski definition) is 7. The summed E-state index contributed by atoms with van der Waals surface area (Å²) >= 11 is 1.30. The number of carbonyl (C=O) groups is 1. The number of pyridine rings is 1. The highest BCUT2D eigenvalue weighted by atomic mass is 32.1. The van der Waals surface area contributed by atoms with Gasteiger partial charge in [0, 0.05) is 30.1 Å². The molecule has 218 valence electrons. The lowest BCUT2D eigenvalue weighted by Crippen LogP contribution is -2.54. The van der Waals surface area contributed by atoms with E-state index < -0.39 is 12.0 Å². The summed E-state index contributed by atoms with van der Waals surface area (Å²) in [5, 5.41) is 18.5. The number of nitrogens with zero attached hydrogens (tertiary/aromatic N) is 2. The second kappa shape index (κ2) is 12.3. The molecule has 1 saturated heterocycles. The largest absolute Gasteiger partial charge is 0.397 e. The van der Waals surface area contributed by atoms with Crippen LogP contribution in [0.2, 0.25) is 0 Å². The van der Waals surface area contributed by atoms with Gasteiger partial charge in [0.15, 0.2) is 0 Å². The Hall–Kier alpha value is -3.20. The zero-order valence-electron chi connectivity index (χ0n) is 24.5. The van der Waals surface area contributed by atoms with Gasteiger partial charge in [0.1, 0.15) is 15.5 Å². The lowest BCUT2D eigenvalue weighted by Gasteiger charge is -2.42. The molecular formula is C33H43N5O2S. The van der Waals surface area contributed by atoms with E-state index in [9.17, 15) is 9.90 Å². The predicted molar refractivity (Wildman–Crippen MR) is 172 cm³/mol. The molecule has 1 unspecified atom stereocenters. The molecule has 1 amide bonds. The zero-order valence-corrected chi connectivity index (χ0v) is 25.3. The van der Waals surface area contributed by atoms with Gasteiger partial charge in [0.2, 0.25) is 0 Å². The standard InChI is InChI=1S/C33H43N5O2S/c1-4-9-24-19-27(36-32-28(24)29(34)30(41-32)31(35)40)38-16-14-25(15-17-38)37-33(5-2,6-3)20-26(39)23-13-12-21-10-7-8-11-22(21)18-23/h7-8,10-13,18-19,25-26,37,39H,4-6,9,14-17,20,34H2,1-3H3,(H2,35,40). The maximum absolute atomic E-state index is 11.9.